The van der Waals surface area contributed by atoms with Crippen LogP contribution in [0.3, 0.4) is 0 Å². The first-order valence-electron chi connectivity index (χ1n) is 3.79. The molecule has 0 N–H and O–H groups in total. The number of Topliss-reactive ketones (excluding diaryl/α,β-unsaturated/α-hetero) is 2. The van der Waals surface area contributed by atoms with Gasteiger partial charge in [-0.2, -0.15) is 0 Å². The van der Waals surface area contributed by atoms with Crippen LogP contribution in [0.2, 0.25) is 0 Å². The Morgan fingerprint density at radius 3 is 2.00 bits per heavy atom. The lowest BCUT2D eigenvalue weighted by atomic mass is 10.1. The molecule has 0 atom stereocenters. The summed E-state index contributed by atoms with van der Waals surface area (Å²) in [5.41, 5.74) is 0. The summed E-state index contributed by atoms with van der Waals surface area (Å²) in [5.74, 6) is 1.59. The average Bonchev–Trinajstić information content (AvgIpc) is 2.21. The summed E-state index contributed by atoms with van der Waals surface area (Å²) >= 11 is 0. The van der Waals surface area contributed by atoms with Gasteiger partial charge in [0.05, 0.1) is 0 Å². The van der Waals surface area contributed by atoms with Gasteiger partial charge in [-0.1, -0.05) is 0 Å². The van der Waals surface area contributed by atoms with E-state index in [4.69, 9.17) is 0 Å². The van der Waals surface area contributed by atoms with Gasteiger partial charge in [-0.05, 0) is 11.8 Å². The van der Waals surface area contributed by atoms with Crippen LogP contribution in [0.25, 0.3) is 0 Å². The molecule has 0 unspecified atom stereocenters. The fourth-order valence-corrected chi connectivity index (χ4v) is 2.15. The van der Waals surface area contributed by atoms with E-state index in [9.17, 15) is 9.59 Å². The van der Waals surface area contributed by atoms with E-state index >= 15 is 0 Å². The molecular formula is C8H10O2. The van der Waals surface area contributed by atoms with E-state index in [2.05, 4.69) is 0 Å². The summed E-state index contributed by atoms with van der Waals surface area (Å²) in [6.45, 7) is 0. The van der Waals surface area contributed by atoms with Gasteiger partial charge < -0.3 is 0 Å². The van der Waals surface area contributed by atoms with Gasteiger partial charge in [-0.25, -0.2) is 0 Å². The fourth-order valence-electron chi connectivity index (χ4n) is 2.15. The van der Waals surface area contributed by atoms with Crippen molar-refractivity contribution in [2.45, 2.75) is 25.7 Å². The van der Waals surface area contributed by atoms with Crippen LogP contribution in [-0.2, 0) is 9.59 Å². The molecule has 2 rings (SSSR count). The quantitative estimate of drug-likeness (QED) is 0.502. The Balaban J connectivity index is 2.12. The zero-order valence-electron chi connectivity index (χ0n) is 5.80. The third-order valence-electron chi connectivity index (χ3n) is 2.63. The molecule has 54 valence electrons. The highest BCUT2D eigenvalue weighted by Gasteiger charge is 2.40. The van der Waals surface area contributed by atoms with Gasteiger partial charge in [-0.15, -0.1) is 0 Å². The number of hydrogen-bond donors (Lipinski definition) is 0. The van der Waals surface area contributed by atoms with Crippen molar-refractivity contribution < 1.29 is 9.59 Å². The summed E-state index contributed by atoms with van der Waals surface area (Å²) in [6, 6.07) is 0. The second-order valence-electron chi connectivity index (χ2n) is 3.41. The molecule has 2 heteroatoms. The van der Waals surface area contributed by atoms with Gasteiger partial charge in [0.1, 0.15) is 11.6 Å². The summed E-state index contributed by atoms with van der Waals surface area (Å²) in [5, 5.41) is 0. The molecule has 0 aromatic carbocycles. The lowest BCUT2D eigenvalue weighted by Gasteiger charge is -2.01. The average molecular weight is 140 g/mol. The normalized spacial score (nSPS) is 38.8. The Morgan fingerprint density at radius 2 is 1.60 bits per heavy atom. The number of hydrogen-bond acceptors (Lipinski definition) is 2. The molecule has 0 spiro atoms. The molecule has 0 aliphatic heterocycles. The molecule has 0 saturated heterocycles. The first-order chi connectivity index (χ1) is 4.75. The molecule has 0 radical (unpaired) electrons. The Morgan fingerprint density at radius 1 is 1.10 bits per heavy atom. The minimum Gasteiger partial charge on any atom is -0.300 e. The summed E-state index contributed by atoms with van der Waals surface area (Å²) < 4.78 is 0. The van der Waals surface area contributed by atoms with E-state index in [1.807, 2.05) is 0 Å². The zero-order valence-corrected chi connectivity index (χ0v) is 5.80. The summed E-state index contributed by atoms with van der Waals surface area (Å²) in [7, 11) is 0. The lowest BCUT2D eigenvalue weighted by molar-refractivity contribution is -0.119. The van der Waals surface area contributed by atoms with E-state index < -0.39 is 0 Å². The topological polar surface area (TPSA) is 34.1 Å². The smallest absolute Gasteiger partial charge is 0.133 e. The molecule has 10 heavy (non-hydrogen) atoms. The Kier molecular flexibility index (Phi) is 1.16. The number of rotatable bonds is 0. The number of ketones is 2. The van der Waals surface area contributed by atoms with Crippen molar-refractivity contribution in [2.24, 2.45) is 11.8 Å². The highest BCUT2D eigenvalue weighted by atomic mass is 16.1. The van der Waals surface area contributed by atoms with Gasteiger partial charge in [0.25, 0.3) is 0 Å². The number of fused-ring (bicyclic) bond motifs is 1. The molecule has 0 amide bonds. The zero-order chi connectivity index (χ0) is 7.14. The van der Waals surface area contributed by atoms with Crippen molar-refractivity contribution in [3.8, 4) is 0 Å². The Labute approximate surface area is 59.6 Å². The Bertz CT molecular complexity index is 157. The maximum absolute atomic E-state index is 10.9. The lowest BCUT2D eigenvalue weighted by Crippen LogP contribution is -1.96. The van der Waals surface area contributed by atoms with E-state index in [1.165, 1.54) is 0 Å². The predicted molar refractivity (Wildman–Crippen MR) is 35.5 cm³/mol. The highest BCUT2D eigenvalue weighted by Crippen LogP contribution is 2.40. The summed E-state index contributed by atoms with van der Waals surface area (Å²) in [4.78, 5) is 21.7. The second kappa shape index (κ2) is 1.91. The monoisotopic (exact) mass is 140 g/mol. The first-order valence-corrected chi connectivity index (χ1v) is 3.79. The molecule has 0 aromatic rings. The van der Waals surface area contributed by atoms with Gasteiger partial charge >= 0.3 is 0 Å². The van der Waals surface area contributed by atoms with Crippen LogP contribution in [-0.4, -0.2) is 11.6 Å². The van der Waals surface area contributed by atoms with Gasteiger partial charge in [0.15, 0.2) is 0 Å². The first kappa shape index (κ1) is 6.08. The summed E-state index contributed by atoms with van der Waals surface area (Å²) in [6.07, 6.45) is 2.71. The third-order valence-corrected chi connectivity index (χ3v) is 2.63. The van der Waals surface area contributed by atoms with Gasteiger partial charge in [0.2, 0.25) is 0 Å². The van der Waals surface area contributed by atoms with Crippen molar-refractivity contribution in [1.82, 2.24) is 0 Å². The molecular weight excluding hydrogens is 130 g/mol. The van der Waals surface area contributed by atoms with Crippen molar-refractivity contribution in [3.05, 3.63) is 0 Å². The minimum atomic E-state index is 0.363. The van der Waals surface area contributed by atoms with Crippen LogP contribution in [0.5, 0.6) is 0 Å². The number of carbonyl (C=O) groups excluding carboxylic acids is 2. The highest BCUT2D eigenvalue weighted by molar-refractivity contribution is 5.88. The van der Waals surface area contributed by atoms with Crippen LogP contribution in [0.15, 0.2) is 0 Å². The van der Waals surface area contributed by atoms with E-state index in [1.54, 1.807) is 0 Å². The Hall–Kier alpha value is -0.660. The standard InChI is InChI=1S/C8H10O2/c9-7-1-5-2-8(10)4-6(5)3-7/h5-6H,1-4H2/t5-,6+/i5+2. The molecule has 0 heterocycles. The predicted octanol–water partition coefficient (Wildman–Crippen LogP) is 0.945. The fraction of sp³-hybridized carbons (Fsp3) is 0.750. The van der Waals surface area contributed by atoms with Crippen molar-refractivity contribution in [3.63, 3.8) is 0 Å². The van der Waals surface area contributed by atoms with Gasteiger partial charge in [0, 0.05) is 25.7 Å². The third kappa shape index (κ3) is 0.789. The minimum absolute atomic E-state index is 0.363. The maximum atomic E-state index is 10.9. The molecule has 2 fully saturated rings. The van der Waals surface area contributed by atoms with Crippen molar-refractivity contribution in [2.75, 3.05) is 0 Å². The number of carbonyl (C=O) groups is 2. The largest absolute Gasteiger partial charge is 0.300 e. The molecule has 2 aliphatic rings. The molecule has 0 bridgehead atoms. The van der Waals surface area contributed by atoms with Crippen molar-refractivity contribution in [1.29, 1.82) is 0 Å². The van der Waals surface area contributed by atoms with Crippen molar-refractivity contribution >= 4 is 11.6 Å². The molecule has 2 aliphatic carbocycles. The van der Waals surface area contributed by atoms with E-state index in [-0.39, 0.29) is 0 Å². The maximum Gasteiger partial charge on any atom is 0.133 e. The van der Waals surface area contributed by atoms with E-state index in [0.29, 0.717) is 49.1 Å². The van der Waals surface area contributed by atoms with E-state index in [0.717, 1.165) is 0 Å². The van der Waals surface area contributed by atoms with Crippen LogP contribution in [0.4, 0.5) is 0 Å². The van der Waals surface area contributed by atoms with Crippen LogP contribution < -0.4 is 0 Å². The van der Waals surface area contributed by atoms with Crippen LogP contribution >= 0.6 is 0 Å². The van der Waals surface area contributed by atoms with Crippen LogP contribution in [0, 0.1) is 11.8 Å². The van der Waals surface area contributed by atoms with Gasteiger partial charge in [-0.3, -0.25) is 9.59 Å². The molecule has 2 nitrogen and oxygen atoms in total. The van der Waals surface area contributed by atoms with Crippen LogP contribution in [0.1, 0.15) is 25.7 Å². The molecule has 0 aromatic heterocycles. The second-order valence-corrected chi connectivity index (χ2v) is 3.41. The SMILES string of the molecule is O=C1C[C@H]2CC(=O)C[14C@H]2C1. The molecule has 2 saturated carbocycles.